The van der Waals surface area contributed by atoms with Gasteiger partial charge < -0.3 is 5.11 Å². The molecule has 0 aliphatic carbocycles. The van der Waals surface area contributed by atoms with Gasteiger partial charge in [-0.3, -0.25) is 0 Å². The average Bonchev–Trinajstić information content (AvgIpc) is 2.69. The Kier molecular flexibility index (Phi) is 2.73. The maximum atomic E-state index is 9.21. The lowest BCUT2D eigenvalue weighted by atomic mass is 10.2. The van der Waals surface area contributed by atoms with Crippen LogP contribution in [0.1, 0.15) is 5.56 Å². The van der Waals surface area contributed by atoms with Gasteiger partial charge in [-0.15, -0.1) is 21.6 Å². The maximum absolute atomic E-state index is 9.21. The second kappa shape index (κ2) is 4.18. The van der Waals surface area contributed by atoms with Gasteiger partial charge in [0, 0.05) is 11.6 Å². The summed E-state index contributed by atoms with van der Waals surface area (Å²) in [5, 5.41) is 19.7. The second-order valence-corrected chi connectivity index (χ2v) is 3.86. The molecule has 2 aromatic rings. The van der Waals surface area contributed by atoms with Crippen LogP contribution < -0.4 is 0 Å². The summed E-state index contributed by atoms with van der Waals surface area (Å²) < 4.78 is 0. The highest BCUT2D eigenvalue weighted by Gasteiger charge is 1.98. The standard InChI is InChI=1S/C10H9N3OS/c1-7-6-8(14)2-3-9(7)12-13-10-11-4-5-15-10/h2-6,14H,1H3. The van der Waals surface area contributed by atoms with E-state index in [0.29, 0.717) is 5.13 Å². The van der Waals surface area contributed by atoms with Crippen molar-refractivity contribution in [2.45, 2.75) is 6.92 Å². The zero-order valence-electron chi connectivity index (χ0n) is 8.08. The number of thiazole rings is 1. The Balaban J connectivity index is 2.24. The lowest BCUT2D eigenvalue weighted by Gasteiger charge is -1.98. The van der Waals surface area contributed by atoms with Gasteiger partial charge in [-0.05, 0) is 30.7 Å². The molecular weight excluding hydrogens is 210 g/mol. The number of aromatic hydroxyl groups is 1. The molecule has 0 bridgehead atoms. The number of phenols is 1. The van der Waals surface area contributed by atoms with Crippen LogP contribution in [0.3, 0.4) is 0 Å². The molecule has 0 aliphatic rings. The Labute approximate surface area is 91.0 Å². The summed E-state index contributed by atoms with van der Waals surface area (Å²) >= 11 is 1.43. The van der Waals surface area contributed by atoms with Crippen LogP contribution in [0.4, 0.5) is 10.8 Å². The van der Waals surface area contributed by atoms with E-state index in [-0.39, 0.29) is 5.75 Å². The van der Waals surface area contributed by atoms with Crippen LogP contribution in [-0.4, -0.2) is 10.1 Å². The summed E-state index contributed by atoms with van der Waals surface area (Å²) in [6.45, 7) is 1.87. The van der Waals surface area contributed by atoms with Gasteiger partial charge >= 0.3 is 0 Å². The largest absolute Gasteiger partial charge is 0.508 e. The summed E-state index contributed by atoms with van der Waals surface area (Å²) in [4.78, 5) is 3.99. The third-order valence-corrected chi connectivity index (χ3v) is 2.50. The Hall–Kier alpha value is -1.75. The van der Waals surface area contributed by atoms with Crippen molar-refractivity contribution in [2.24, 2.45) is 10.2 Å². The first-order chi connectivity index (χ1) is 7.25. The predicted octanol–water partition coefficient (Wildman–Crippen LogP) is 3.57. The average molecular weight is 219 g/mol. The fourth-order valence-electron chi connectivity index (χ4n) is 1.11. The third kappa shape index (κ3) is 2.38. The summed E-state index contributed by atoms with van der Waals surface area (Å²) in [6, 6.07) is 4.96. The molecule has 0 aliphatic heterocycles. The predicted molar refractivity (Wildman–Crippen MR) is 59.1 cm³/mol. The molecule has 0 atom stereocenters. The first kappa shape index (κ1) is 9.79. The zero-order chi connectivity index (χ0) is 10.7. The van der Waals surface area contributed by atoms with Crippen molar-refractivity contribution >= 4 is 22.2 Å². The molecule has 1 aromatic heterocycles. The second-order valence-electron chi connectivity index (χ2n) is 2.99. The van der Waals surface area contributed by atoms with E-state index in [9.17, 15) is 5.11 Å². The van der Waals surface area contributed by atoms with Crippen LogP contribution in [0.2, 0.25) is 0 Å². The van der Waals surface area contributed by atoms with Crippen molar-refractivity contribution in [2.75, 3.05) is 0 Å². The summed E-state index contributed by atoms with van der Waals surface area (Å²) in [7, 11) is 0. The van der Waals surface area contributed by atoms with Gasteiger partial charge in [-0.2, -0.15) is 0 Å². The van der Waals surface area contributed by atoms with Gasteiger partial charge in [0.15, 0.2) is 0 Å². The van der Waals surface area contributed by atoms with Crippen LogP contribution in [0, 0.1) is 6.92 Å². The maximum Gasteiger partial charge on any atom is 0.229 e. The number of azo groups is 1. The van der Waals surface area contributed by atoms with Crippen molar-refractivity contribution in [1.82, 2.24) is 4.98 Å². The molecule has 1 heterocycles. The van der Waals surface area contributed by atoms with E-state index in [1.807, 2.05) is 12.3 Å². The summed E-state index contributed by atoms with van der Waals surface area (Å²) in [5.41, 5.74) is 1.62. The molecule has 1 aromatic carbocycles. The van der Waals surface area contributed by atoms with Crippen LogP contribution >= 0.6 is 11.3 Å². The van der Waals surface area contributed by atoms with Gasteiger partial charge in [0.25, 0.3) is 0 Å². The van der Waals surface area contributed by atoms with Crippen molar-refractivity contribution < 1.29 is 5.11 Å². The number of nitrogens with zero attached hydrogens (tertiary/aromatic N) is 3. The Morgan fingerprint density at radius 2 is 2.20 bits per heavy atom. The molecule has 0 radical (unpaired) electrons. The Bertz CT molecular complexity index is 479. The lowest BCUT2D eigenvalue weighted by Crippen LogP contribution is -1.72. The molecule has 2 rings (SSSR count). The topological polar surface area (TPSA) is 57.8 Å². The molecule has 4 nitrogen and oxygen atoms in total. The van der Waals surface area contributed by atoms with Crippen LogP contribution in [0.5, 0.6) is 5.75 Å². The molecule has 15 heavy (non-hydrogen) atoms. The van der Waals surface area contributed by atoms with Crippen molar-refractivity contribution in [3.63, 3.8) is 0 Å². The summed E-state index contributed by atoms with van der Waals surface area (Å²) in [6.07, 6.45) is 1.68. The normalized spacial score (nSPS) is 11.0. The molecule has 0 spiro atoms. The molecule has 0 amide bonds. The third-order valence-electron chi connectivity index (χ3n) is 1.84. The van der Waals surface area contributed by atoms with Crippen LogP contribution in [0.25, 0.3) is 0 Å². The van der Waals surface area contributed by atoms with Crippen molar-refractivity contribution in [3.8, 4) is 5.75 Å². The van der Waals surface area contributed by atoms with E-state index < -0.39 is 0 Å². The van der Waals surface area contributed by atoms with Crippen LogP contribution in [-0.2, 0) is 0 Å². The number of aromatic nitrogens is 1. The minimum atomic E-state index is 0.237. The van der Waals surface area contributed by atoms with E-state index >= 15 is 0 Å². The monoisotopic (exact) mass is 219 g/mol. The SMILES string of the molecule is Cc1cc(O)ccc1N=Nc1nccs1. The highest BCUT2D eigenvalue weighted by Crippen LogP contribution is 2.25. The smallest absolute Gasteiger partial charge is 0.229 e. The molecular formula is C10H9N3OS. The number of aryl methyl sites for hydroxylation is 1. The molecule has 0 saturated carbocycles. The molecule has 1 N–H and O–H groups in total. The highest BCUT2D eigenvalue weighted by atomic mass is 32.1. The number of benzene rings is 1. The highest BCUT2D eigenvalue weighted by molar-refractivity contribution is 7.13. The summed E-state index contributed by atoms with van der Waals surface area (Å²) in [5.74, 6) is 0.237. The molecule has 0 unspecified atom stereocenters. The Morgan fingerprint density at radius 1 is 1.33 bits per heavy atom. The number of rotatable bonds is 2. The lowest BCUT2D eigenvalue weighted by molar-refractivity contribution is 0.475. The van der Waals surface area contributed by atoms with Crippen molar-refractivity contribution in [3.05, 3.63) is 35.3 Å². The fourth-order valence-corrected chi connectivity index (χ4v) is 1.57. The minimum absolute atomic E-state index is 0.237. The molecule has 0 fully saturated rings. The van der Waals surface area contributed by atoms with Gasteiger partial charge in [-0.25, -0.2) is 4.98 Å². The zero-order valence-corrected chi connectivity index (χ0v) is 8.90. The van der Waals surface area contributed by atoms with E-state index in [1.54, 1.807) is 24.4 Å². The molecule has 0 saturated heterocycles. The van der Waals surface area contributed by atoms with E-state index in [4.69, 9.17) is 0 Å². The molecule has 5 heteroatoms. The number of hydrogen-bond donors (Lipinski definition) is 1. The van der Waals surface area contributed by atoms with E-state index in [1.165, 1.54) is 11.3 Å². The minimum Gasteiger partial charge on any atom is -0.508 e. The number of hydrogen-bond acceptors (Lipinski definition) is 5. The van der Waals surface area contributed by atoms with E-state index in [0.717, 1.165) is 11.3 Å². The van der Waals surface area contributed by atoms with Crippen molar-refractivity contribution in [1.29, 1.82) is 0 Å². The quantitative estimate of drug-likeness (QED) is 0.785. The van der Waals surface area contributed by atoms with Gasteiger partial charge in [-0.1, -0.05) is 0 Å². The van der Waals surface area contributed by atoms with Crippen LogP contribution in [0.15, 0.2) is 40.0 Å². The fraction of sp³-hybridized carbons (Fsp3) is 0.100. The van der Waals surface area contributed by atoms with Gasteiger partial charge in [0.2, 0.25) is 5.13 Å². The number of phenolic OH excluding ortho intramolecular Hbond substituents is 1. The Morgan fingerprint density at radius 3 is 2.87 bits per heavy atom. The first-order valence-electron chi connectivity index (χ1n) is 4.36. The van der Waals surface area contributed by atoms with Gasteiger partial charge in [0.05, 0.1) is 5.69 Å². The van der Waals surface area contributed by atoms with Gasteiger partial charge in [0.1, 0.15) is 5.75 Å². The molecule has 76 valence electrons. The van der Waals surface area contributed by atoms with E-state index in [2.05, 4.69) is 15.2 Å². The first-order valence-corrected chi connectivity index (χ1v) is 5.24.